The van der Waals surface area contributed by atoms with Crippen molar-refractivity contribution < 1.29 is 155 Å². The molecule has 3 fully saturated rings. The first-order chi connectivity index (χ1) is 51.9. The summed E-state index contributed by atoms with van der Waals surface area (Å²) >= 11 is 4.67. The molecule has 40 nitrogen and oxygen atoms in total. The van der Waals surface area contributed by atoms with Crippen molar-refractivity contribution in [3.8, 4) is 0 Å². The van der Waals surface area contributed by atoms with Crippen LogP contribution in [0.5, 0.6) is 0 Å². The summed E-state index contributed by atoms with van der Waals surface area (Å²) in [5, 5.41) is 111. The quantitative estimate of drug-likeness (QED) is 0.0164. The van der Waals surface area contributed by atoms with Crippen molar-refractivity contribution in [2.75, 3.05) is 178 Å². The number of nitrogens with zero attached hydrogens (tertiary/aromatic N) is 1. The molecule has 0 radical (unpaired) electrons. The van der Waals surface area contributed by atoms with Crippen LogP contribution in [0.25, 0.3) is 0 Å². The standard InChI is InChI=1S/C67H110N8O32S/c1-42(79)72-55-61(90)58(87)48(35-76)105-64(55)102-31-28-96-25-22-93-19-13-68-51(83)10-16-99-38-67(75-54(86)9-8-47(82)34-45-4-6-46(7-5-45)71-41-108,39-100-17-11-52(84)69-14-20-94-23-26-97-29-32-103-65-56(73-43(2)80)62(91)59(88)49(36-77)106-65)40-101-18-12-53(85)70-15-21-95-24-27-98-30-33-104-66-57(74-44(3)81)63(92)60(89)50(37-78)107-66/h4-7,48-50,55-66,76-78,87-92H,8-40H2,1-3H3,(H,68,83)(H,69,84)(H,70,85)(H,72,79)(H,73,80)(H,74,81)(H,75,86)/t48?,49?,50?,55?,56?,57?,58-,59-,60-,61+,62+,63+,64+,65+,66+,67?/m0/s1. The van der Waals surface area contributed by atoms with Gasteiger partial charge in [0.05, 0.1) is 169 Å². The minimum atomic E-state index is -1.54. The van der Waals surface area contributed by atoms with Gasteiger partial charge in [-0.25, -0.2) is 0 Å². The van der Waals surface area contributed by atoms with E-state index in [9.17, 15) is 84.3 Å². The topological polar surface area (TPSA) is 554 Å². The second-order valence-electron chi connectivity index (χ2n) is 25.0. The van der Waals surface area contributed by atoms with Gasteiger partial charge in [-0.2, -0.15) is 4.99 Å². The van der Waals surface area contributed by atoms with Gasteiger partial charge in [-0.15, -0.1) is 0 Å². The van der Waals surface area contributed by atoms with Gasteiger partial charge in [-0.05, 0) is 29.9 Å². The molecule has 1 aromatic carbocycles. The number of hydrogen-bond acceptors (Lipinski definition) is 34. The zero-order valence-corrected chi connectivity index (χ0v) is 61.9. The Kier molecular flexibility index (Phi) is 47.7. The van der Waals surface area contributed by atoms with Crippen LogP contribution in [-0.2, 0) is 116 Å². The van der Waals surface area contributed by atoms with Gasteiger partial charge in [0.25, 0.3) is 0 Å². The van der Waals surface area contributed by atoms with Gasteiger partial charge in [-0.1, -0.05) is 12.1 Å². The number of ketones is 1. The van der Waals surface area contributed by atoms with Crippen LogP contribution in [0, 0.1) is 0 Å². The highest BCUT2D eigenvalue weighted by atomic mass is 32.1. The lowest BCUT2D eigenvalue weighted by Crippen LogP contribution is -2.64. The van der Waals surface area contributed by atoms with Crippen molar-refractivity contribution in [3.05, 3.63) is 29.8 Å². The van der Waals surface area contributed by atoms with E-state index in [0.29, 0.717) is 11.3 Å². The van der Waals surface area contributed by atoms with Crippen LogP contribution in [0.15, 0.2) is 29.3 Å². The third-order valence-electron chi connectivity index (χ3n) is 16.2. The molecule has 0 spiro atoms. The van der Waals surface area contributed by atoms with E-state index in [-0.39, 0.29) is 203 Å². The van der Waals surface area contributed by atoms with E-state index in [4.69, 9.17) is 71.1 Å². The normalized spacial score (nSPS) is 24.6. The Hall–Kier alpha value is -5.98. The van der Waals surface area contributed by atoms with E-state index in [0.717, 1.165) is 0 Å². The Morgan fingerprint density at radius 3 is 1.04 bits per heavy atom. The molecule has 3 heterocycles. The first-order valence-electron chi connectivity index (χ1n) is 35.5. The first kappa shape index (κ1) is 94.4. The average Bonchev–Trinajstić information content (AvgIpc) is 0.823. The number of amides is 7. The highest BCUT2D eigenvalue weighted by Crippen LogP contribution is 2.25. The lowest BCUT2D eigenvalue weighted by Gasteiger charge is -2.42. The smallest absolute Gasteiger partial charge is 0.222 e. The Morgan fingerprint density at radius 2 is 0.731 bits per heavy atom. The number of carbonyl (C=O) groups is 8. The van der Waals surface area contributed by atoms with Crippen molar-refractivity contribution in [1.82, 2.24) is 37.2 Å². The van der Waals surface area contributed by atoms with Crippen LogP contribution in [-0.4, -0.2) is 374 Å². The molecule has 616 valence electrons. The highest BCUT2D eigenvalue weighted by molar-refractivity contribution is 7.78. The molecule has 0 aromatic heterocycles. The molecule has 15 atom stereocenters. The van der Waals surface area contributed by atoms with Gasteiger partial charge in [0, 0.05) is 78.9 Å². The van der Waals surface area contributed by atoms with Crippen LogP contribution >= 0.6 is 12.2 Å². The summed E-state index contributed by atoms with van der Waals surface area (Å²) in [6.45, 7) is 1.73. The summed E-state index contributed by atoms with van der Waals surface area (Å²) in [5.74, 6) is -3.62. The van der Waals surface area contributed by atoms with Gasteiger partial charge in [0.1, 0.15) is 84.4 Å². The number of aliphatic hydroxyl groups excluding tert-OH is 9. The molecular weight excluding hydrogens is 1460 g/mol. The Balaban J connectivity index is 1.28. The third kappa shape index (κ3) is 37.4. The number of isothiocyanates is 1. The van der Waals surface area contributed by atoms with Crippen molar-refractivity contribution >= 4 is 70.2 Å². The lowest BCUT2D eigenvalue weighted by molar-refractivity contribution is -0.272. The van der Waals surface area contributed by atoms with Gasteiger partial charge < -0.3 is 154 Å². The van der Waals surface area contributed by atoms with E-state index < -0.39 is 159 Å². The molecule has 1 aromatic rings. The summed E-state index contributed by atoms with van der Waals surface area (Å²) in [7, 11) is 0. The molecule has 0 bridgehead atoms. The SMILES string of the molecule is CC(=O)NC1[C@H](OCCOCCOCCNC(=O)CCOCC(COCCC(=O)NCCOCCOCCO[C@@H]2OC(CO)[C@H](O)[C@H](O)C2NC(C)=O)(COCCC(=O)NCCOCCOCCO[C@@H]2OC(CO)[C@H](O)[C@H](O)C2NC(C)=O)NC(=O)CCC(=O)Cc2ccc(N=C=S)cc2)OC(CO)[C@H](O)[C@@H]1O. The summed E-state index contributed by atoms with van der Waals surface area (Å²) in [4.78, 5) is 105. The number of Topliss-reactive ketones (excluding diaryl/α,β-unsaturated/α-hetero) is 1. The summed E-state index contributed by atoms with van der Waals surface area (Å²) in [6.07, 6.45) is -16.7. The van der Waals surface area contributed by atoms with E-state index in [1.807, 2.05) is 0 Å². The third-order valence-corrected chi connectivity index (χ3v) is 16.3. The number of aliphatic imine (C=N–C) groups is 1. The first-order valence-corrected chi connectivity index (χ1v) is 35.9. The van der Waals surface area contributed by atoms with Gasteiger partial charge >= 0.3 is 0 Å². The fourth-order valence-electron chi connectivity index (χ4n) is 10.7. The van der Waals surface area contributed by atoms with Crippen molar-refractivity contribution in [1.29, 1.82) is 0 Å². The van der Waals surface area contributed by atoms with Gasteiger partial charge in [0.2, 0.25) is 41.4 Å². The predicted octanol–water partition coefficient (Wildman–Crippen LogP) is -7.28. The molecule has 7 amide bonds. The average molecular weight is 1570 g/mol. The highest BCUT2D eigenvalue weighted by Gasteiger charge is 2.48. The zero-order valence-electron chi connectivity index (χ0n) is 61.1. The molecule has 0 aliphatic carbocycles. The number of rotatable bonds is 58. The minimum absolute atomic E-state index is 0.00834. The lowest BCUT2D eigenvalue weighted by atomic mass is 9.97. The second-order valence-corrected chi connectivity index (χ2v) is 25.1. The fourth-order valence-corrected chi connectivity index (χ4v) is 10.8. The van der Waals surface area contributed by atoms with Crippen molar-refractivity contribution in [3.63, 3.8) is 0 Å². The minimum Gasteiger partial charge on any atom is -0.394 e. The molecular formula is C67H110N8O32S. The number of thiocarbonyl (C=S) groups is 1. The molecule has 108 heavy (non-hydrogen) atoms. The number of ether oxygens (including phenoxy) is 15. The van der Waals surface area contributed by atoms with Gasteiger partial charge in [0.15, 0.2) is 18.9 Å². The molecule has 16 N–H and O–H groups in total. The summed E-state index contributed by atoms with van der Waals surface area (Å²) in [6, 6.07) is 3.41. The number of hydrogen-bond donors (Lipinski definition) is 16. The van der Waals surface area contributed by atoms with E-state index in [1.54, 1.807) is 24.3 Å². The molecule has 0 saturated carbocycles. The summed E-state index contributed by atoms with van der Waals surface area (Å²) < 4.78 is 84.8. The largest absolute Gasteiger partial charge is 0.394 e. The number of nitrogens with one attached hydrogen (secondary N) is 7. The monoisotopic (exact) mass is 1570 g/mol. The Bertz CT molecular complexity index is 2610. The van der Waals surface area contributed by atoms with E-state index in [2.05, 4.69) is 59.6 Å². The molecule has 3 aliphatic heterocycles. The molecule has 3 saturated heterocycles. The number of benzene rings is 1. The summed E-state index contributed by atoms with van der Waals surface area (Å²) in [5.41, 5.74) is -0.326. The molecule has 41 heteroatoms. The van der Waals surface area contributed by atoms with Crippen LogP contribution in [0.3, 0.4) is 0 Å². The van der Waals surface area contributed by atoms with Crippen molar-refractivity contribution in [2.24, 2.45) is 4.99 Å². The molecule has 3 aliphatic rings. The number of carbonyl (C=O) groups excluding carboxylic acids is 8. The van der Waals surface area contributed by atoms with Crippen LogP contribution < -0.4 is 37.2 Å². The Labute approximate surface area is 630 Å². The van der Waals surface area contributed by atoms with Crippen LogP contribution in [0.4, 0.5) is 5.69 Å². The van der Waals surface area contributed by atoms with Crippen LogP contribution in [0.2, 0.25) is 0 Å². The van der Waals surface area contributed by atoms with E-state index >= 15 is 0 Å². The zero-order chi connectivity index (χ0) is 79.1. The maximum atomic E-state index is 13.9. The van der Waals surface area contributed by atoms with E-state index in [1.165, 1.54) is 20.8 Å². The second kappa shape index (κ2) is 54.6. The van der Waals surface area contributed by atoms with Gasteiger partial charge in [-0.3, -0.25) is 38.4 Å². The maximum Gasteiger partial charge on any atom is 0.222 e. The predicted molar refractivity (Wildman–Crippen MR) is 374 cm³/mol. The molecule has 6 unspecified atom stereocenters. The van der Waals surface area contributed by atoms with Crippen LogP contribution in [0.1, 0.15) is 58.4 Å². The Morgan fingerprint density at radius 1 is 0.417 bits per heavy atom. The van der Waals surface area contributed by atoms with Crippen molar-refractivity contribution in [2.45, 2.75) is 157 Å². The molecule has 4 rings (SSSR count). The number of aliphatic hydroxyl groups is 9. The maximum absolute atomic E-state index is 13.9. The fraction of sp³-hybridized carbons (Fsp3) is 0.776.